The van der Waals surface area contributed by atoms with Crippen LogP contribution < -0.4 is 0 Å². The first-order chi connectivity index (χ1) is 9.54. The summed E-state index contributed by atoms with van der Waals surface area (Å²) in [5.41, 5.74) is 1.11. The minimum atomic E-state index is -0.523. The summed E-state index contributed by atoms with van der Waals surface area (Å²) >= 11 is 0. The molecule has 0 saturated carbocycles. The first-order valence-corrected chi connectivity index (χ1v) is 6.73. The van der Waals surface area contributed by atoms with E-state index in [9.17, 15) is 14.7 Å². The summed E-state index contributed by atoms with van der Waals surface area (Å²) < 4.78 is 4.77. The number of piperidine rings is 1. The molecule has 1 heterocycles. The third kappa shape index (κ3) is 2.76. The predicted octanol–water partition coefficient (Wildman–Crippen LogP) is 1.87. The van der Waals surface area contributed by atoms with Crippen molar-refractivity contribution in [2.45, 2.75) is 32.2 Å². The zero-order valence-corrected chi connectivity index (χ0v) is 11.8. The van der Waals surface area contributed by atoms with Crippen LogP contribution in [-0.4, -0.2) is 41.6 Å². The van der Waals surface area contributed by atoms with E-state index in [1.807, 2.05) is 0 Å². The molecule has 1 aromatic rings. The number of phenolic OH excluding ortho intramolecular Hbond substituents is 1. The Kier molecular flexibility index (Phi) is 4.27. The summed E-state index contributed by atoms with van der Waals surface area (Å²) in [6.45, 7) is 2.30. The Morgan fingerprint density at radius 2 is 2.10 bits per heavy atom. The molecule has 1 fully saturated rings. The fraction of sp³-hybridized carbons (Fsp3) is 0.467. The Hall–Kier alpha value is -2.04. The molecular weight excluding hydrogens is 258 g/mol. The molecule has 1 N–H and O–H groups in total. The number of methoxy groups -OCH3 is 1. The largest absolute Gasteiger partial charge is 0.508 e. The fourth-order valence-electron chi connectivity index (χ4n) is 2.46. The van der Waals surface area contributed by atoms with Gasteiger partial charge in [0.15, 0.2) is 0 Å². The number of amides is 1. The van der Waals surface area contributed by atoms with Gasteiger partial charge in [0.1, 0.15) is 11.8 Å². The van der Waals surface area contributed by atoms with Gasteiger partial charge in [-0.1, -0.05) is 6.07 Å². The van der Waals surface area contributed by atoms with E-state index in [1.165, 1.54) is 13.2 Å². The van der Waals surface area contributed by atoms with Crippen LogP contribution in [-0.2, 0) is 9.53 Å². The Labute approximate surface area is 118 Å². The van der Waals surface area contributed by atoms with E-state index in [0.29, 0.717) is 24.1 Å². The molecule has 0 radical (unpaired) electrons. The average molecular weight is 277 g/mol. The molecule has 20 heavy (non-hydrogen) atoms. The van der Waals surface area contributed by atoms with E-state index in [1.54, 1.807) is 24.0 Å². The summed E-state index contributed by atoms with van der Waals surface area (Å²) in [6, 6.07) is 4.28. The number of carbonyl (C=O) groups excluding carboxylic acids is 2. The average Bonchev–Trinajstić information content (AvgIpc) is 2.48. The van der Waals surface area contributed by atoms with Crippen molar-refractivity contribution >= 4 is 11.9 Å². The maximum absolute atomic E-state index is 12.5. The molecule has 1 atom stereocenters. The topological polar surface area (TPSA) is 66.8 Å². The molecule has 0 aliphatic carbocycles. The molecule has 0 bridgehead atoms. The minimum absolute atomic E-state index is 0.0856. The summed E-state index contributed by atoms with van der Waals surface area (Å²) in [5, 5.41) is 9.71. The van der Waals surface area contributed by atoms with Crippen LogP contribution in [0.1, 0.15) is 35.2 Å². The van der Waals surface area contributed by atoms with Crippen molar-refractivity contribution in [2.75, 3.05) is 13.7 Å². The standard InChI is InChI=1S/C15H19NO4/c1-10-6-7-11(9-13(10)17)14(18)16-8-4-3-5-12(16)15(19)20-2/h6-7,9,12,17H,3-5,8H2,1-2H3. The number of benzene rings is 1. The van der Waals surface area contributed by atoms with Crippen LogP contribution in [0.25, 0.3) is 0 Å². The molecular formula is C15H19NO4. The number of hydrogen-bond acceptors (Lipinski definition) is 4. The molecule has 2 rings (SSSR count). The number of rotatable bonds is 2. The van der Waals surface area contributed by atoms with E-state index in [2.05, 4.69) is 0 Å². The van der Waals surface area contributed by atoms with Gasteiger partial charge in [-0.15, -0.1) is 0 Å². The molecule has 108 valence electrons. The highest BCUT2D eigenvalue weighted by Crippen LogP contribution is 2.23. The van der Waals surface area contributed by atoms with E-state index < -0.39 is 6.04 Å². The van der Waals surface area contributed by atoms with Gasteiger partial charge in [0.05, 0.1) is 7.11 Å². The van der Waals surface area contributed by atoms with E-state index >= 15 is 0 Å². The molecule has 5 heteroatoms. The van der Waals surface area contributed by atoms with Gasteiger partial charge in [0, 0.05) is 12.1 Å². The number of carbonyl (C=O) groups is 2. The number of nitrogens with zero attached hydrogens (tertiary/aromatic N) is 1. The lowest BCUT2D eigenvalue weighted by atomic mass is 10.0. The number of phenols is 1. The van der Waals surface area contributed by atoms with Gasteiger partial charge < -0.3 is 14.7 Å². The lowest BCUT2D eigenvalue weighted by Crippen LogP contribution is -2.48. The maximum Gasteiger partial charge on any atom is 0.328 e. The van der Waals surface area contributed by atoms with Crippen LogP contribution in [0.4, 0.5) is 0 Å². The second kappa shape index (κ2) is 5.94. The van der Waals surface area contributed by atoms with Crippen LogP contribution in [0, 0.1) is 6.92 Å². The van der Waals surface area contributed by atoms with Crippen LogP contribution >= 0.6 is 0 Å². The van der Waals surface area contributed by atoms with E-state index in [4.69, 9.17) is 4.74 Å². The number of esters is 1. The highest BCUT2D eigenvalue weighted by atomic mass is 16.5. The number of likely N-dealkylation sites (tertiary alicyclic amines) is 1. The first-order valence-electron chi connectivity index (χ1n) is 6.73. The Bertz CT molecular complexity index is 527. The van der Waals surface area contributed by atoms with Crippen LogP contribution in [0.3, 0.4) is 0 Å². The summed E-state index contributed by atoms with van der Waals surface area (Å²) in [4.78, 5) is 25.8. The van der Waals surface area contributed by atoms with Crippen molar-refractivity contribution in [3.63, 3.8) is 0 Å². The zero-order chi connectivity index (χ0) is 14.7. The summed E-state index contributed by atoms with van der Waals surface area (Å²) in [5.74, 6) is -0.535. The van der Waals surface area contributed by atoms with Crippen molar-refractivity contribution in [1.29, 1.82) is 0 Å². The van der Waals surface area contributed by atoms with Gasteiger partial charge in [-0.25, -0.2) is 4.79 Å². The van der Waals surface area contributed by atoms with Crippen molar-refractivity contribution in [2.24, 2.45) is 0 Å². The molecule has 0 aromatic heterocycles. The lowest BCUT2D eigenvalue weighted by Gasteiger charge is -2.33. The molecule has 1 aliphatic rings. The smallest absolute Gasteiger partial charge is 0.328 e. The highest BCUT2D eigenvalue weighted by Gasteiger charge is 2.33. The quantitative estimate of drug-likeness (QED) is 0.838. The van der Waals surface area contributed by atoms with Gasteiger partial charge in [-0.05, 0) is 43.9 Å². The second-order valence-electron chi connectivity index (χ2n) is 5.03. The van der Waals surface area contributed by atoms with Crippen molar-refractivity contribution in [3.8, 4) is 5.75 Å². The molecule has 0 spiro atoms. The number of aryl methyl sites for hydroxylation is 1. The number of ether oxygens (including phenoxy) is 1. The third-order valence-electron chi connectivity index (χ3n) is 3.69. The number of aromatic hydroxyl groups is 1. The predicted molar refractivity (Wildman–Crippen MR) is 73.5 cm³/mol. The minimum Gasteiger partial charge on any atom is -0.508 e. The monoisotopic (exact) mass is 277 g/mol. The first kappa shape index (κ1) is 14.4. The Morgan fingerprint density at radius 3 is 2.75 bits per heavy atom. The lowest BCUT2D eigenvalue weighted by molar-refractivity contribution is -0.147. The highest BCUT2D eigenvalue weighted by molar-refractivity contribution is 5.97. The molecule has 1 saturated heterocycles. The Morgan fingerprint density at radius 1 is 1.35 bits per heavy atom. The van der Waals surface area contributed by atoms with Crippen molar-refractivity contribution in [1.82, 2.24) is 4.90 Å². The molecule has 1 aliphatic heterocycles. The van der Waals surface area contributed by atoms with Gasteiger partial charge in [-0.3, -0.25) is 4.79 Å². The Balaban J connectivity index is 2.25. The molecule has 1 amide bonds. The third-order valence-corrected chi connectivity index (χ3v) is 3.69. The molecule has 1 aromatic carbocycles. The SMILES string of the molecule is COC(=O)C1CCCCN1C(=O)c1ccc(C)c(O)c1. The van der Waals surface area contributed by atoms with E-state index in [0.717, 1.165) is 12.8 Å². The maximum atomic E-state index is 12.5. The van der Waals surface area contributed by atoms with Gasteiger partial charge >= 0.3 is 5.97 Å². The van der Waals surface area contributed by atoms with Gasteiger partial charge in [-0.2, -0.15) is 0 Å². The van der Waals surface area contributed by atoms with Crippen molar-refractivity contribution in [3.05, 3.63) is 29.3 Å². The summed E-state index contributed by atoms with van der Waals surface area (Å²) in [7, 11) is 1.33. The van der Waals surface area contributed by atoms with Crippen LogP contribution in [0.2, 0.25) is 0 Å². The number of hydrogen-bond donors (Lipinski definition) is 1. The molecule has 5 nitrogen and oxygen atoms in total. The molecule has 1 unspecified atom stereocenters. The van der Waals surface area contributed by atoms with Crippen LogP contribution in [0.15, 0.2) is 18.2 Å². The zero-order valence-electron chi connectivity index (χ0n) is 11.8. The van der Waals surface area contributed by atoms with Gasteiger partial charge in [0.25, 0.3) is 5.91 Å². The summed E-state index contributed by atoms with van der Waals surface area (Å²) in [6.07, 6.45) is 2.40. The normalized spacial score (nSPS) is 18.7. The second-order valence-corrected chi connectivity index (χ2v) is 5.03. The fourth-order valence-corrected chi connectivity index (χ4v) is 2.46. The van der Waals surface area contributed by atoms with Gasteiger partial charge in [0.2, 0.25) is 0 Å². The van der Waals surface area contributed by atoms with Crippen molar-refractivity contribution < 1.29 is 19.4 Å². The van der Waals surface area contributed by atoms with E-state index in [-0.39, 0.29) is 17.6 Å². The van der Waals surface area contributed by atoms with Crippen LogP contribution in [0.5, 0.6) is 5.75 Å².